The van der Waals surface area contributed by atoms with E-state index in [0.29, 0.717) is 13.2 Å². The lowest BCUT2D eigenvalue weighted by molar-refractivity contribution is -0.138. The second kappa shape index (κ2) is 13.9. The molecule has 0 unspecified atom stereocenters. The molecular weight excluding hydrogens is 252 g/mol. The molecule has 20 heavy (non-hydrogen) atoms. The summed E-state index contributed by atoms with van der Waals surface area (Å²) in [6.45, 7) is 5.20. The monoisotopic (exact) mass is 280 g/mol. The maximum atomic E-state index is 11.5. The van der Waals surface area contributed by atoms with Crippen LogP contribution in [0.25, 0.3) is 0 Å². The number of nitriles is 1. The first-order valence-corrected chi connectivity index (χ1v) is 7.77. The maximum Gasteiger partial charge on any atom is 0.350 e. The van der Waals surface area contributed by atoms with Gasteiger partial charge in [0, 0.05) is 12.7 Å². The minimum absolute atomic E-state index is 0.0337. The zero-order valence-corrected chi connectivity index (χ0v) is 12.9. The standard InChI is InChI=1S/C16H28N2O2/c1-3-5-6-7-8-9-10-11-12-20-16(19)15(13-17)14-18-4-2/h14,18H,3-12H2,1-2H3. The highest BCUT2D eigenvalue weighted by atomic mass is 16.5. The van der Waals surface area contributed by atoms with E-state index < -0.39 is 5.97 Å². The second-order valence-electron chi connectivity index (χ2n) is 4.84. The molecule has 0 atom stereocenters. The highest BCUT2D eigenvalue weighted by Crippen LogP contribution is 2.08. The van der Waals surface area contributed by atoms with E-state index in [1.165, 1.54) is 44.7 Å². The summed E-state index contributed by atoms with van der Waals surface area (Å²) in [5.41, 5.74) is 0.0337. The van der Waals surface area contributed by atoms with E-state index in [0.717, 1.165) is 12.8 Å². The topological polar surface area (TPSA) is 62.1 Å². The van der Waals surface area contributed by atoms with Crippen LogP contribution in [-0.4, -0.2) is 19.1 Å². The van der Waals surface area contributed by atoms with Crippen molar-refractivity contribution < 1.29 is 9.53 Å². The summed E-state index contributed by atoms with van der Waals surface area (Å²) in [6, 6.07) is 1.84. The molecule has 4 nitrogen and oxygen atoms in total. The number of carbonyl (C=O) groups is 1. The van der Waals surface area contributed by atoms with Crippen LogP contribution in [0.3, 0.4) is 0 Å². The molecule has 0 aromatic heterocycles. The van der Waals surface area contributed by atoms with Gasteiger partial charge in [-0.15, -0.1) is 0 Å². The van der Waals surface area contributed by atoms with E-state index in [-0.39, 0.29) is 5.57 Å². The van der Waals surface area contributed by atoms with Gasteiger partial charge in [0.2, 0.25) is 0 Å². The molecular formula is C16H28N2O2. The van der Waals surface area contributed by atoms with Crippen molar-refractivity contribution in [2.45, 2.75) is 65.2 Å². The number of unbranched alkanes of at least 4 members (excludes halogenated alkanes) is 7. The summed E-state index contributed by atoms with van der Waals surface area (Å²) < 4.78 is 5.07. The van der Waals surface area contributed by atoms with Crippen molar-refractivity contribution in [1.29, 1.82) is 5.26 Å². The SMILES string of the molecule is CCCCCCCCCCOC(=O)C(C#N)=CNCC. The highest BCUT2D eigenvalue weighted by Gasteiger charge is 2.09. The first-order valence-electron chi connectivity index (χ1n) is 7.77. The molecule has 0 aliphatic carbocycles. The van der Waals surface area contributed by atoms with Crippen molar-refractivity contribution in [3.05, 3.63) is 11.8 Å². The summed E-state index contributed by atoms with van der Waals surface area (Å²) in [5.74, 6) is -0.531. The van der Waals surface area contributed by atoms with Gasteiger partial charge in [-0.1, -0.05) is 51.9 Å². The van der Waals surface area contributed by atoms with Gasteiger partial charge < -0.3 is 10.1 Å². The fourth-order valence-electron chi connectivity index (χ4n) is 1.82. The van der Waals surface area contributed by atoms with E-state index in [1.807, 2.05) is 13.0 Å². The van der Waals surface area contributed by atoms with Crippen molar-refractivity contribution in [3.8, 4) is 6.07 Å². The Hall–Kier alpha value is -1.50. The van der Waals surface area contributed by atoms with Gasteiger partial charge in [-0.25, -0.2) is 4.79 Å². The number of hydrogen-bond donors (Lipinski definition) is 1. The lowest BCUT2D eigenvalue weighted by Gasteiger charge is -2.04. The molecule has 0 aromatic rings. The molecule has 0 aromatic carbocycles. The van der Waals surface area contributed by atoms with Crippen LogP contribution < -0.4 is 5.32 Å². The molecule has 0 fully saturated rings. The van der Waals surface area contributed by atoms with Crippen molar-refractivity contribution in [2.75, 3.05) is 13.2 Å². The van der Waals surface area contributed by atoms with Crippen molar-refractivity contribution in [3.63, 3.8) is 0 Å². The van der Waals surface area contributed by atoms with Crippen LogP contribution >= 0.6 is 0 Å². The highest BCUT2D eigenvalue weighted by molar-refractivity contribution is 5.92. The number of hydrogen-bond acceptors (Lipinski definition) is 4. The zero-order valence-electron chi connectivity index (χ0n) is 12.9. The molecule has 0 saturated heterocycles. The van der Waals surface area contributed by atoms with Crippen LogP contribution in [0.5, 0.6) is 0 Å². The third-order valence-corrected chi connectivity index (χ3v) is 3.02. The molecule has 0 spiro atoms. The molecule has 4 heteroatoms. The first kappa shape index (κ1) is 18.5. The molecule has 0 amide bonds. The average molecular weight is 280 g/mol. The van der Waals surface area contributed by atoms with E-state index in [9.17, 15) is 4.79 Å². The van der Waals surface area contributed by atoms with Gasteiger partial charge in [-0.3, -0.25) is 0 Å². The lowest BCUT2D eigenvalue weighted by atomic mass is 10.1. The van der Waals surface area contributed by atoms with E-state index in [1.54, 1.807) is 0 Å². The number of esters is 1. The van der Waals surface area contributed by atoms with Crippen molar-refractivity contribution in [2.24, 2.45) is 0 Å². The van der Waals surface area contributed by atoms with E-state index in [4.69, 9.17) is 10.00 Å². The molecule has 0 heterocycles. The Morgan fingerprint density at radius 3 is 2.25 bits per heavy atom. The Morgan fingerprint density at radius 2 is 1.70 bits per heavy atom. The van der Waals surface area contributed by atoms with Gasteiger partial charge in [0.15, 0.2) is 5.57 Å². The molecule has 0 aliphatic rings. The normalized spacial score (nSPS) is 10.9. The van der Waals surface area contributed by atoms with E-state index in [2.05, 4.69) is 12.2 Å². The van der Waals surface area contributed by atoms with Gasteiger partial charge in [-0.05, 0) is 13.3 Å². The Balaban J connectivity index is 3.54. The lowest BCUT2D eigenvalue weighted by Crippen LogP contribution is -2.12. The van der Waals surface area contributed by atoms with Crippen LogP contribution in [0, 0.1) is 11.3 Å². The summed E-state index contributed by atoms with van der Waals surface area (Å²) in [5, 5.41) is 11.6. The van der Waals surface area contributed by atoms with Crippen molar-refractivity contribution in [1.82, 2.24) is 5.32 Å². The first-order chi connectivity index (χ1) is 9.76. The largest absolute Gasteiger partial charge is 0.462 e. The number of nitrogens with zero attached hydrogens (tertiary/aromatic N) is 1. The summed E-state index contributed by atoms with van der Waals surface area (Å²) in [6.07, 6.45) is 11.1. The van der Waals surface area contributed by atoms with Crippen LogP contribution in [0.15, 0.2) is 11.8 Å². The smallest absolute Gasteiger partial charge is 0.350 e. The van der Waals surface area contributed by atoms with Crippen LogP contribution in [0.4, 0.5) is 0 Å². The fraction of sp³-hybridized carbons (Fsp3) is 0.750. The Kier molecular flexibility index (Phi) is 12.9. The molecule has 0 bridgehead atoms. The zero-order chi connectivity index (χ0) is 15.1. The van der Waals surface area contributed by atoms with Crippen LogP contribution in [-0.2, 0) is 9.53 Å². The Morgan fingerprint density at radius 1 is 1.10 bits per heavy atom. The van der Waals surface area contributed by atoms with Gasteiger partial charge in [0.1, 0.15) is 6.07 Å². The minimum Gasteiger partial charge on any atom is -0.462 e. The number of ether oxygens (including phenoxy) is 1. The molecule has 114 valence electrons. The summed E-state index contributed by atoms with van der Waals surface area (Å²) >= 11 is 0. The summed E-state index contributed by atoms with van der Waals surface area (Å²) in [7, 11) is 0. The summed E-state index contributed by atoms with van der Waals surface area (Å²) in [4.78, 5) is 11.5. The maximum absolute atomic E-state index is 11.5. The third-order valence-electron chi connectivity index (χ3n) is 3.02. The molecule has 1 N–H and O–H groups in total. The van der Waals surface area contributed by atoms with Gasteiger partial charge in [-0.2, -0.15) is 5.26 Å². The molecule has 0 rings (SSSR count). The fourth-order valence-corrected chi connectivity index (χ4v) is 1.82. The van der Waals surface area contributed by atoms with Gasteiger partial charge in [0.25, 0.3) is 0 Å². The predicted octanol–water partition coefficient (Wildman–Crippen LogP) is 3.69. The Labute approximate surface area is 123 Å². The number of rotatable bonds is 12. The van der Waals surface area contributed by atoms with Crippen LogP contribution in [0.1, 0.15) is 65.2 Å². The molecule has 0 saturated carbocycles. The number of nitrogens with one attached hydrogen (secondary N) is 1. The van der Waals surface area contributed by atoms with Gasteiger partial charge in [0.05, 0.1) is 6.61 Å². The van der Waals surface area contributed by atoms with E-state index >= 15 is 0 Å². The predicted molar refractivity (Wildman–Crippen MR) is 80.9 cm³/mol. The van der Waals surface area contributed by atoms with Crippen molar-refractivity contribution >= 4 is 5.97 Å². The van der Waals surface area contributed by atoms with Crippen LogP contribution in [0.2, 0.25) is 0 Å². The minimum atomic E-state index is -0.531. The number of carbonyl (C=O) groups excluding carboxylic acids is 1. The van der Waals surface area contributed by atoms with Gasteiger partial charge >= 0.3 is 5.97 Å². The molecule has 0 radical (unpaired) electrons. The average Bonchev–Trinajstić information content (AvgIpc) is 2.46. The quantitative estimate of drug-likeness (QED) is 0.256. The molecule has 0 aliphatic heterocycles. The second-order valence-corrected chi connectivity index (χ2v) is 4.84. The Bertz CT molecular complexity index is 319. The third kappa shape index (κ3) is 10.4.